The molecule has 0 bridgehead atoms. The molecule has 7 heteroatoms. The second-order valence-corrected chi connectivity index (χ2v) is 3.74. The summed E-state index contributed by atoms with van der Waals surface area (Å²) < 4.78 is 4.94. The normalized spacial score (nSPS) is 9.79. The van der Waals surface area contributed by atoms with Gasteiger partial charge < -0.3 is 26.2 Å². The van der Waals surface area contributed by atoms with Crippen molar-refractivity contribution in [3.05, 3.63) is 23.8 Å². The van der Waals surface area contributed by atoms with Gasteiger partial charge in [0.25, 0.3) is 0 Å². The SMILES string of the molecule is COc1ccc(NC(=O)NCCCN)c(C(=O)O)c1. The van der Waals surface area contributed by atoms with Crippen LogP contribution in [-0.2, 0) is 0 Å². The van der Waals surface area contributed by atoms with Gasteiger partial charge in [0, 0.05) is 6.54 Å². The van der Waals surface area contributed by atoms with Crippen LogP contribution in [0.3, 0.4) is 0 Å². The largest absolute Gasteiger partial charge is 0.497 e. The zero-order chi connectivity index (χ0) is 14.3. The highest BCUT2D eigenvalue weighted by molar-refractivity contribution is 6.00. The quantitative estimate of drug-likeness (QED) is 0.571. The molecule has 0 saturated carbocycles. The molecule has 104 valence electrons. The van der Waals surface area contributed by atoms with Crippen LogP contribution in [0.1, 0.15) is 16.8 Å². The Bertz CT molecular complexity index is 462. The fourth-order valence-electron chi connectivity index (χ4n) is 1.41. The number of urea groups is 1. The molecule has 19 heavy (non-hydrogen) atoms. The third kappa shape index (κ3) is 4.47. The Hall–Kier alpha value is -2.28. The minimum atomic E-state index is -1.14. The molecule has 0 heterocycles. The van der Waals surface area contributed by atoms with Gasteiger partial charge in [0.2, 0.25) is 0 Å². The van der Waals surface area contributed by atoms with Crippen molar-refractivity contribution < 1.29 is 19.4 Å². The van der Waals surface area contributed by atoms with Crippen LogP contribution in [0.4, 0.5) is 10.5 Å². The first-order chi connectivity index (χ1) is 9.08. The molecular weight excluding hydrogens is 250 g/mol. The molecule has 0 aromatic heterocycles. The van der Waals surface area contributed by atoms with Gasteiger partial charge in [-0.2, -0.15) is 0 Å². The number of aromatic carboxylic acids is 1. The maximum atomic E-state index is 11.5. The molecule has 2 amide bonds. The number of ether oxygens (including phenoxy) is 1. The van der Waals surface area contributed by atoms with Crippen LogP contribution >= 0.6 is 0 Å². The Kier molecular flexibility index (Phi) is 5.62. The Morgan fingerprint density at radius 1 is 1.42 bits per heavy atom. The van der Waals surface area contributed by atoms with E-state index in [1.807, 2.05) is 0 Å². The predicted molar refractivity (Wildman–Crippen MR) is 70.6 cm³/mol. The van der Waals surface area contributed by atoms with Crippen molar-refractivity contribution in [2.75, 3.05) is 25.5 Å². The number of rotatable bonds is 6. The summed E-state index contributed by atoms with van der Waals surface area (Å²) in [5.41, 5.74) is 5.47. The Balaban J connectivity index is 2.77. The molecule has 5 N–H and O–H groups in total. The highest BCUT2D eigenvalue weighted by Gasteiger charge is 2.13. The van der Waals surface area contributed by atoms with Crippen molar-refractivity contribution in [2.45, 2.75) is 6.42 Å². The zero-order valence-corrected chi connectivity index (χ0v) is 10.6. The Morgan fingerprint density at radius 3 is 2.74 bits per heavy atom. The number of anilines is 1. The summed E-state index contributed by atoms with van der Waals surface area (Å²) in [6, 6.07) is 3.92. The molecule has 0 saturated heterocycles. The first-order valence-electron chi connectivity index (χ1n) is 5.74. The molecule has 0 fully saturated rings. The van der Waals surface area contributed by atoms with E-state index in [0.717, 1.165) is 0 Å². The zero-order valence-electron chi connectivity index (χ0n) is 10.6. The molecule has 7 nitrogen and oxygen atoms in total. The van der Waals surface area contributed by atoms with E-state index in [2.05, 4.69) is 10.6 Å². The van der Waals surface area contributed by atoms with E-state index >= 15 is 0 Å². The molecule has 0 aliphatic carbocycles. The number of nitrogens with two attached hydrogens (primary N) is 1. The molecule has 0 aliphatic rings. The van der Waals surface area contributed by atoms with Crippen LogP contribution in [0.25, 0.3) is 0 Å². The first-order valence-corrected chi connectivity index (χ1v) is 5.74. The van der Waals surface area contributed by atoms with Gasteiger partial charge in [0.05, 0.1) is 18.4 Å². The molecule has 1 aromatic carbocycles. The number of carbonyl (C=O) groups is 2. The number of carbonyl (C=O) groups excluding carboxylic acids is 1. The summed E-state index contributed by atoms with van der Waals surface area (Å²) in [5, 5.41) is 14.1. The summed E-state index contributed by atoms with van der Waals surface area (Å²) in [5.74, 6) is -0.734. The average molecular weight is 267 g/mol. The van der Waals surface area contributed by atoms with Crippen molar-refractivity contribution in [1.29, 1.82) is 0 Å². The summed E-state index contributed by atoms with van der Waals surface area (Å²) in [4.78, 5) is 22.6. The molecular formula is C12H17N3O4. The molecule has 1 aromatic rings. The number of benzene rings is 1. The summed E-state index contributed by atoms with van der Waals surface area (Å²) >= 11 is 0. The van der Waals surface area contributed by atoms with Gasteiger partial charge in [-0.25, -0.2) is 9.59 Å². The van der Waals surface area contributed by atoms with E-state index in [4.69, 9.17) is 15.6 Å². The lowest BCUT2D eigenvalue weighted by Gasteiger charge is -2.10. The van der Waals surface area contributed by atoms with Crippen LogP contribution in [0.5, 0.6) is 5.75 Å². The number of methoxy groups -OCH3 is 1. The van der Waals surface area contributed by atoms with Crippen molar-refractivity contribution in [1.82, 2.24) is 5.32 Å². The average Bonchev–Trinajstić information content (AvgIpc) is 2.39. The maximum absolute atomic E-state index is 11.5. The maximum Gasteiger partial charge on any atom is 0.337 e. The highest BCUT2D eigenvalue weighted by atomic mass is 16.5. The second-order valence-electron chi connectivity index (χ2n) is 3.74. The van der Waals surface area contributed by atoms with Gasteiger partial charge >= 0.3 is 12.0 Å². The van der Waals surface area contributed by atoms with E-state index in [1.165, 1.54) is 19.2 Å². The van der Waals surface area contributed by atoms with Crippen molar-refractivity contribution >= 4 is 17.7 Å². The predicted octanol–water partition coefficient (Wildman–Crippen LogP) is 0.864. The van der Waals surface area contributed by atoms with Crippen LogP contribution in [0, 0.1) is 0 Å². The number of nitrogens with one attached hydrogen (secondary N) is 2. The van der Waals surface area contributed by atoms with Crippen molar-refractivity contribution in [3.63, 3.8) is 0 Å². The van der Waals surface area contributed by atoms with E-state index in [1.54, 1.807) is 6.07 Å². The Morgan fingerprint density at radius 2 is 2.16 bits per heavy atom. The number of amides is 2. The summed E-state index contributed by atoms with van der Waals surface area (Å²) in [6.45, 7) is 0.907. The fourth-order valence-corrected chi connectivity index (χ4v) is 1.41. The van der Waals surface area contributed by atoms with Gasteiger partial charge in [-0.1, -0.05) is 0 Å². The standard InChI is InChI=1S/C12H17N3O4/c1-19-8-3-4-10(9(7-8)11(16)17)15-12(18)14-6-2-5-13/h3-4,7H,2,5-6,13H2,1H3,(H,16,17)(H2,14,15,18). The minimum Gasteiger partial charge on any atom is -0.497 e. The highest BCUT2D eigenvalue weighted by Crippen LogP contribution is 2.21. The molecule has 1 rings (SSSR count). The fraction of sp³-hybridized carbons (Fsp3) is 0.333. The topological polar surface area (TPSA) is 114 Å². The molecule has 0 spiro atoms. The molecule has 0 radical (unpaired) electrons. The van der Waals surface area contributed by atoms with Gasteiger partial charge in [-0.3, -0.25) is 0 Å². The lowest BCUT2D eigenvalue weighted by molar-refractivity contribution is 0.0697. The molecule has 0 atom stereocenters. The minimum absolute atomic E-state index is 0.0340. The third-order valence-corrected chi connectivity index (χ3v) is 2.37. The van der Waals surface area contributed by atoms with Crippen molar-refractivity contribution in [2.24, 2.45) is 5.73 Å². The summed E-state index contributed by atoms with van der Waals surface area (Å²) in [7, 11) is 1.44. The first kappa shape index (κ1) is 14.8. The molecule has 0 aliphatic heterocycles. The van der Waals surface area contributed by atoms with Gasteiger partial charge in [0.1, 0.15) is 5.75 Å². The number of hydrogen-bond acceptors (Lipinski definition) is 4. The lowest BCUT2D eigenvalue weighted by atomic mass is 10.1. The monoisotopic (exact) mass is 267 g/mol. The van der Waals surface area contributed by atoms with E-state index in [-0.39, 0.29) is 11.3 Å². The molecule has 0 unspecified atom stereocenters. The van der Waals surface area contributed by atoms with E-state index in [9.17, 15) is 9.59 Å². The van der Waals surface area contributed by atoms with E-state index in [0.29, 0.717) is 25.3 Å². The smallest absolute Gasteiger partial charge is 0.337 e. The van der Waals surface area contributed by atoms with Crippen LogP contribution in [-0.4, -0.2) is 37.3 Å². The number of hydrogen-bond donors (Lipinski definition) is 4. The summed E-state index contributed by atoms with van der Waals surface area (Å²) in [6.07, 6.45) is 0.655. The van der Waals surface area contributed by atoms with E-state index < -0.39 is 12.0 Å². The van der Waals surface area contributed by atoms with Gasteiger partial charge in [-0.15, -0.1) is 0 Å². The van der Waals surface area contributed by atoms with Crippen LogP contribution in [0.15, 0.2) is 18.2 Å². The van der Waals surface area contributed by atoms with Gasteiger partial charge in [0.15, 0.2) is 0 Å². The van der Waals surface area contributed by atoms with Crippen LogP contribution in [0.2, 0.25) is 0 Å². The third-order valence-electron chi connectivity index (χ3n) is 2.37. The Labute approximate surface area is 110 Å². The lowest BCUT2D eigenvalue weighted by Crippen LogP contribution is -2.31. The number of carboxylic acid groups (broad SMARTS) is 1. The van der Waals surface area contributed by atoms with Gasteiger partial charge in [-0.05, 0) is 31.2 Å². The van der Waals surface area contributed by atoms with Crippen LogP contribution < -0.4 is 21.1 Å². The number of carboxylic acids is 1. The van der Waals surface area contributed by atoms with Crippen molar-refractivity contribution in [3.8, 4) is 5.75 Å². The second kappa shape index (κ2) is 7.22.